The number of hydrogen-bond acceptors (Lipinski definition) is 10. The first-order valence-corrected chi connectivity index (χ1v) is 31.8. The zero-order chi connectivity index (χ0) is 54.7. The SMILES string of the molecule is CCCCCCCC/C=C/CCCCCCCCCCCC(=O)OC1C(OCC(NC(=O)C(O)CCCCCCCC/C=C/CCCCCCCC)C(O)/C=C/CCCCCCCCCCC)OC(CO)C(O)C1O. The van der Waals surface area contributed by atoms with E-state index in [0.29, 0.717) is 12.8 Å². The van der Waals surface area contributed by atoms with E-state index in [1.54, 1.807) is 6.08 Å². The van der Waals surface area contributed by atoms with Crippen molar-refractivity contribution in [1.82, 2.24) is 5.32 Å². The van der Waals surface area contributed by atoms with Gasteiger partial charge in [-0.2, -0.15) is 0 Å². The van der Waals surface area contributed by atoms with E-state index in [4.69, 9.17) is 14.2 Å². The smallest absolute Gasteiger partial charge is 0.306 e. The lowest BCUT2D eigenvalue weighted by atomic mass is 9.99. The number of amides is 1. The fourth-order valence-electron chi connectivity index (χ4n) is 9.94. The molecule has 11 heteroatoms. The maximum absolute atomic E-state index is 13.4. The Hall–Kier alpha value is -2.12. The van der Waals surface area contributed by atoms with Crippen LogP contribution in [0, 0.1) is 0 Å². The molecule has 1 rings (SSSR count). The van der Waals surface area contributed by atoms with Crippen LogP contribution < -0.4 is 5.32 Å². The van der Waals surface area contributed by atoms with Crippen molar-refractivity contribution in [3.63, 3.8) is 0 Å². The molecule has 6 N–H and O–H groups in total. The van der Waals surface area contributed by atoms with E-state index in [2.05, 4.69) is 50.4 Å². The number of rotatable bonds is 54. The van der Waals surface area contributed by atoms with Crippen LogP contribution >= 0.6 is 0 Å². The van der Waals surface area contributed by atoms with Gasteiger partial charge in [0.15, 0.2) is 12.4 Å². The van der Waals surface area contributed by atoms with Crippen LogP contribution in [0.2, 0.25) is 0 Å². The molecule has 75 heavy (non-hydrogen) atoms. The summed E-state index contributed by atoms with van der Waals surface area (Å²) in [5, 5.41) is 57.0. The molecule has 11 nitrogen and oxygen atoms in total. The van der Waals surface area contributed by atoms with E-state index in [0.717, 1.165) is 70.6 Å². The van der Waals surface area contributed by atoms with Gasteiger partial charge in [-0.05, 0) is 77.0 Å². The zero-order valence-electron chi connectivity index (χ0n) is 48.7. The molecular formula is C64H119NO10. The van der Waals surface area contributed by atoms with Crippen molar-refractivity contribution in [3.05, 3.63) is 36.5 Å². The standard InChI is InChI=1S/C64H119NO10/c1-4-7-10-13-16-19-22-24-26-28-29-30-32-34-37-40-43-46-49-52-59(69)75-62-61(71)60(70)58(53-66)74-64(62)73-54-55(56(67)50-47-44-41-38-35-21-18-15-12-9-6-3)65-63(72)57(68)51-48-45-42-39-36-33-31-27-25-23-20-17-14-11-8-5-2/h24-27,47,50,55-58,60-62,64,66-68,70-71H,4-23,28-46,48-49,51-54H2,1-3H3,(H,65,72)/b26-24+,27-25+,50-47+. The monoisotopic (exact) mass is 1060 g/mol. The molecule has 0 radical (unpaired) electrons. The minimum Gasteiger partial charge on any atom is -0.454 e. The number of aliphatic hydroxyl groups excluding tert-OH is 5. The van der Waals surface area contributed by atoms with Crippen molar-refractivity contribution in [3.8, 4) is 0 Å². The van der Waals surface area contributed by atoms with Crippen molar-refractivity contribution in [2.45, 2.75) is 346 Å². The van der Waals surface area contributed by atoms with Gasteiger partial charge < -0.3 is 45.1 Å². The van der Waals surface area contributed by atoms with E-state index in [-0.39, 0.29) is 19.4 Å². The first-order chi connectivity index (χ1) is 36.7. The summed E-state index contributed by atoms with van der Waals surface area (Å²) in [6.07, 6.45) is 51.8. The highest BCUT2D eigenvalue weighted by Crippen LogP contribution is 2.26. The molecule has 0 spiro atoms. The highest BCUT2D eigenvalue weighted by molar-refractivity contribution is 5.80. The molecule has 0 saturated carbocycles. The number of allylic oxidation sites excluding steroid dienone is 5. The molecule has 1 amide bonds. The Morgan fingerprint density at radius 3 is 1.29 bits per heavy atom. The topological polar surface area (TPSA) is 175 Å². The molecule has 1 saturated heterocycles. The number of carbonyl (C=O) groups excluding carboxylic acids is 2. The van der Waals surface area contributed by atoms with Crippen LogP contribution in [-0.4, -0.2) is 99.6 Å². The number of unbranched alkanes of at least 4 members (excludes halogenated alkanes) is 36. The second-order valence-corrected chi connectivity index (χ2v) is 22.1. The summed E-state index contributed by atoms with van der Waals surface area (Å²) >= 11 is 0. The third kappa shape index (κ3) is 40.7. The first-order valence-electron chi connectivity index (χ1n) is 31.8. The van der Waals surface area contributed by atoms with Gasteiger partial charge in [0, 0.05) is 6.42 Å². The predicted molar refractivity (Wildman–Crippen MR) is 311 cm³/mol. The second kappa shape index (κ2) is 52.6. The molecule has 0 aliphatic carbocycles. The van der Waals surface area contributed by atoms with E-state index in [9.17, 15) is 35.1 Å². The van der Waals surface area contributed by atoms with E-state index in [1.165, 1.54) is 180 Å². The average Bonchev–Trinajstić information content (AvgIpc) is 3.41. The molecular weight excluding hydrogens is 943 g/mol. The zero-order valence-corrected chi connectivity index (χ0v) is 48.7. The van der Waals surface area contributed by atoms with Gasteiger partial charge in [-0.1, -0.05) is 250 Å². The van der Waals surface area contributed by atoms with E-state index >= 15 is 0 Å². The Balaban J connectivity index is 2.65. The normalized spacial score (nSPS) is 19.4. The Bertz CT molecular complexity index is 1360. The summed E-state index contributed by atoms with van der Waals surface area (Å²) in [5.41, 5.74) is 0. The molecule has 1 aliphatic rings. The Morgan fingerprint density at radius 2 is 0.880 bits per heavy atom. The molecule has 1 fully saturated rings. The molecule has 0 bridgehead atoms. The van der Waals surface area contributed by atoms with Crippen molar-refractivity contribution in [2.24, 2.45) is 0 Å². The molecule has 8 atom stereocenters. The number of carbonyl (C=O) groups is 2. The second-order valence-electron chi connectivity index (χ2n) is 22.1. The first kappa shape index (κ1) is 70.9. The Kier molecular flexibility index (Phi) is 49.7. The molecule has 1 heterocycles. The lowest BCUT2D eigenvalue weighted by molar-refractivity contribution is -0.305. The Labute approximate surface area is 460 Å². The van der Waals surface area contributed by atoms with Crippen LogP contribution in [0.3, 0.4) is 0 Å². The highest BCUT2D eigenvalue weighted by Gasteiger charge is 2.47. The molecule has 0 aromatic carbocycles. The van der Waals surface area contributed by atoms with Crippen LogP contribution in [0.4, 0.5) is 0 Å². The van der Waals surface area contributed by atoms with Gasteiger partial charge in [0.05, 0.1) is 25.4 Å². The van der Waals surface area contributed by atoms with Crippen molar-refractivity contribution in [1.29, 1.82) is 0 Å². The molecule has 1 aliphatic heterocycles. The minimum atomic E-state index is -1.61. The number of nitrogens with one attached hydrogen (secondary N) is 1. The summed E-state index contributed by atoms with van der Waals surface area (Å²) in [5.74, 6) is -1.19. The van der Waals surface area contributed by atoms with Gasteiger partial charge in [-0.15, -0.1) is 0 Å². The van der Waals surface area contributed by atoms with Crippen LogP contribution in [0.15, 0.2) is 36.5 Å². The average molecular weight is 1060 g/mol. The number of hydrogen-bond donors (Lipinski definition) is 6. The third-order valence-electron chi connectivity index (χ3n) is 15.0. The molecule has 0 aromatic heterocycles. The highest BCUT2D eigenvalue weighted by atomic mass is 16.7. The fraction of sp³-hybridized carbons (Fsp3) is 0.875. The van der Waals surface area contributed by atoms with Crippen molar-refractivity contribution >= 4 is 11.9 Å². The maximum Gasteiger partial charge on any atom is 0.306 e. The molecule has 440 valence electrons. The fourth-order valence-corrected chi connectivity index (χ4v) is 9.94. The van der Waals surface area contributed by atoms with Gasteiger partial charge in [0.2, 0.25) is 5.91 Å². The van der Waals surface area contributed by atoms with Gasteiger partial charge in [-0.3, -0.25) is 9.59 Å². The van der Waals surface area contributed by atoms with Gasteiger partial charge >= 0.3 is 5.97 Å². The van der Waals surface area contributed by atoms with Crippen LogP contribution in [0.1, 0.15) is 297 Å². The van der Waals surface area contributed by atoms with Crippen LogP contribution in [0.5, 0.6) is 0 Å². The largest absolute Gasteiger partial charge is 0.454 e. The number of aliphatic hydroxyl groups is 5. The maximum atomic E-state index is 13.4. The predicted octanol–water partition coefficient (Wildman–Crippen LogP) is 15.1. The van der Waals surface area contributed by atoms with Gasteiger partial charge in [0.1, 0.15) is 24.4 Å². The third-order valence-corrected chi connectivity index (χ3v) is 15.0. The summed E-state index contributed by atoms with van der Waals surface area (Å²) in [7, 11) is 0. The van der Waals surface area contributed by atoms with Crippen LogP contribution in [0.25, 0.3) is 0 Å². The van der Waals surface area contributed by atoms with E-state index < -0.39 is 67.4 Å². The number of ether oxygens (including phenoxy) is 3. The quantitative estimate of drug-likeness (QED) is 0.0195. The van der Waals surface area contributed by atoms with Crippen LogP contribution in [-0.2, 0) is 23.8 Å². The molecule has 8 unspecified atom stereocenters. The summed E-state index contributed by atoms with van der Waals surface area (Å²) in [6.45, 7) is 5.79. The number of esters is 1. The molecule has 0 aromatic rings. The Morgan fingerprint density at radius 1 is 0.507 bits per heavy atom. The van der Waals surface area contributed by atoms with E-state index in [1.807, 2.05) is 6.08 Å². The van der Waals surface area contributed by atoms with Crippen molar-refractivity contribution in [2.75, 3.05) is 13.2 Å². The van der Waals surface area contributed by atoms with Gasteiger partial charge in [0.25, 0.3) is 0 Å². The summed E-state index contributed by atoms with van der Waals surface area (Å²) in [6, 6.07) is -1.02. The lowest BCUT2D eigenvalue weighted by Crippen LogP contribution is -2.61. The minimum absolute atomic E-state index is 0.123. The lowest BCUT2D eigenvalue weighted by Gasteiger charge is -2.41. The summed E-state index contributed by atoms with van der Waals surface area (Å²) < 4.78 is 17.6. The van der Waals surface area contributed by atoms with Crippen molar-refractivity contribution < 1.29 is 49.3 Å². The van der Waals surface area contributed by atoms with Gasteiger partial charge in [-0.25, -0.2) is 0 Å². The summed E-state index contributed by atoms with van der Waals surface area (Å²) in [4.78, 5) is 26.5.